The molecule has 1 N–H and O–H groups in total. The Morgan fingerprint density at radius 1 is 1.45 bits per heavy atom. The Hall–Kier alpha value is -1.62. The van der Waals surface area contributed by atoms with Crippen molar-refractivity contribution < 1.29 is 9.53 Å². The lowest BCUT2D eigenvalue weighted by Crippen LogP contribution is -2.42. The normalized spacial score (nSPS) is 18.5. The van der Waals surface area contributed by atoms with Crippen molar-refractivity contribution in [2.45, 2.75) is 65.1 Å². The number of rotatable bonds is 3. The van der Waals surface area contributed by atoms with E-state index in [2.05, 4.69) is 10.3 Å². The molecule has 5 heteroatoms. The summed E-state index contributed by atoms with van der Waals surface area (Å²) in [5.74, 6) is 0.700. The lowest BCUT2D eigenvalue weighted by molar-refractivity contribution is 0.0569. The quantitative estimate of drug-likeness (QED) is 0.926. The summed E-state index contributed by atoms with van der Waals surface area (Å²) < 4.78 is 5.56. The van der Waals surface area contributed by atoms with E-state index in [0.717, 1.165) is 24.9 Å². The standard InChI is InChI=1S/C17H27N3O2/c1-12(2)20(16(21)22-17(3,4)5)15-13(8-6-11-19-15)14-9-7-10-18-14/h6,8,11-12,14,18H,7,9-10H2,1-5H3/t14-/m1/s1. The average molecular weight is 305 g/mol. The third-order valence-electron chi connectivity index (χ3n) is 3.59. The summed E-state index contributed by atoms with van der Waals surface area (Å²) in [6, 6.07) is 4.20. The van der Waals surface area contributed by atoms with Gasteiger partial charge in [-0.1, -0.05) is 6.07 Å². The van der Waals surface area contributed by atoms with Crippen LogP contribution in [0, 0.1) is 0 Å². The van der Waals surface area contributed by atoms with Crippen molar-refractivity contribution in [3.8, 4) is 0 Å². The minimum Gasteiger partial charge on any atom is -0.443 e. The van der Waals surface area contributed by atoms with Gasteiger partial charge < -0.3 is 10.1 Å². The van der Waals surface area contributed by atoms with Crippen LogP contribution in [0.2, 0.25) is 0 Å². The third-order valence-corrected chi connectivity index (χ3v) is 3.59. The number of hydrogen-bond acceptors (Lipinski definition) is 4. The molecule has 1 aromatic heterocycles. The summed E-state index contributed by atoms with van der Waals surface area (Å²) in [7, 11) is 0. The van der Waals surface area contributed by atoms with E-state index in [9.17, 15) is 4.79 Å². The van der Waals surface area contributed by atoms with E-state index in [-0.39, 0.29) is 18.2 Å². The van der Waals surface area contributed by atoms with Crippen molar-refractivity contribution in [1.29, 1.82) is 0 Å². The maximum Gasteiger partial charge on any atom is 0.416 e. The summed E-state index contributed by atoms with van der Waals surface area (Å²) in [6.07, 6.45) is 3.60. The first kappa shape index (κ1) is 16.7. The Balaban J connectivity index is 2.34. The fourth-order valence-corrected chi connectivity index (χ4v) is 2.69. The van der Waals surface area contributed by atoms with Gasteiger partial charge in [0.1, 0.15) is 11.4 Å². The maximum absolute atomic E-state index is 12.6. The highest BCUT2D eigenvalue weighted by Crippen LogP contribution is 2.31. The molecule has 1 amide bonds. The predicted octanol–water partition coefficient (Wildman–Crippen LogP) is 3.66. The molecular formula is C17H27N3O2. The third kappa shape index (κ3) is 3.97. The minimum absolute atomic E-state index is 0.0232. The second-order valence-corrected chi connectivity index (χ2v) is 7.01. The zero-order valence-electron chi connectivity index (χ0n) is 14.2. The largest absolute Gasteiger partial charge is 0.443 e. The van der Waals surface area contributed by atoms with E-state index in [1.165, 1.54) is 0 Å². The lowest BCUT2D eigenvalue weighted by atomic mass is 10.1. The summed E-state index contributed by atoms with van der Waals surface area (Å²) in [5, 5.41) is 3.48. The van der Waals surface area contributed by atoms with Crippen LogP contribution >= 0.6 is 0 Å². The summed E-state index contributed by atoms with van der Waals surface area (Å²) >= 11 is 0. The van der Waals surface area contributed by atoms with E-state index >= 15 is 0 Å². The van der Waals surface area contributed by atoms with Gasteiger partial charge in [-0.2, -0.15) is 0 Å². The van der Waals surface area contributed by atoms with Crippen LogP contribution in [-0.4, -0.2) is 29.3 Å². The summed E-state index contributed by atoms with van der Waals surface area (Å²) in [4.78, 5) is 18.7. The Labute approximate surface area is 133 Å². The molecule has 0 bridgehead atoms. The van der Waals surface area contributed by atoms with E-state index in [1.807, 2.05) is 46.8 Å². The smallest absolute Gasteiger partial charge is 0.416 e. The van der Waals surface area contributed by atoms with E-state index in [1.54, 1.807) is 11.1 Å². The number of nitrogens with one attached hydrogen (secondary N) is 1. The number of carbonyl (C=O) groups is 1. The van der Waals surface area contributed by atoms with Crippen LogP contribution < -0.4 is 10.2 Å². The highest BCUT2D eigenvalue weighted by molar-refractivity contribution is 5.88. The van der Waals surface area contributed by atoms with Gasteiger partial charge in [0.25, 0.3) is 0 Å². The van der Waals surface area contributed by atoms with Crippen LogP contribution in [0.5, 0.6) is 0 Å². The van der Waals surface area contributed by atoms with Crippen LogP contribution in [0.15, 0.2) is 18.3 Å². The monoisotopic (exact) mass is 305 g/mol. The number of nitrogens with zero attached hydrogens (tertiary/aromatic N) is 2. The molecule has 5 nitrogen and oxygen atoms in total. The topological polar surface area (TPSA) is 54.5 Å². The Bertz CT molecular complexity index is 517. The minimum atomic E-state index is -0.523. The Morgan fingerprint density at radius 2 is 2.18 bits per heavy atom. The van der Waals surface area contributed by atoms with Crippen LogP contribution in [-0.2, 0) is 4.74 Å². The molecular weight excluding hydrogens is 278 g/mol. The number of aromatic nitrogens is 1. The molecule has 0 radical (unpaired) electrons. The van der Waals surface area contributed by atoms with Crippen LogP contribution in [0.4, 0.5) is 10.6 Å². The molecule has 1 aromatic rings. The molecule has 1 fully saturated rings. The maximum atomic E-state index is 12.6. The van der Waals surface area contributed by atoms with Gasteiger partial charge in [-0.15, -0.1) is 0 Å². The fourth-order valence-electron chi connectivity index (χ4n) is 2.69. The van der Waals surface area contributed by atoms with Gasteiger partial charge in [0.2, 0.25) is 0 Å². The van der Waals surface area contributed by atoms with Crippen molar-refractivity contribution in [3.05, 3.63) is 23.9 Å². The molecule has 1 saturated heterocycles. The average Bonchev–Trinajstić information content (AvgIpc) is 2.90. The molecule has 122 valence electrons. The first-order chi connectivity index (χ1) is 10.3. The highest BCUT2D eigenvalue weighted by Gasteiger charge is 2.30. The van der Waals surface area contributed by atoms with Gasteiger partial charge in [0.05, 0.1) is 0 Å². The van der Waals surface area contributed by atoms with Gasteiger partial charge in [0, 0.05) is 23.8 Å². The predicted molar refractivity (Wildman–Crippen MR) is 88.1 cm³/mol. The second kappa shape index (κ2) is 6.65. The SMILES string of the molecule is CC(C)N(C(=O)OC(C)(C)C)c1ncccc1[C@H]1CCCN1. The molecule has 2 rings (SSSR count). The Morgan fingerprint density at radius 3 is 2.73 bits per heavy atom. The number of anilines is 1. The summed E-state index contributed by atoms with van der Waals surface area (Å²) in [5.41, 5.74) is 0.546. The van der Waals surface area contributed by atoms with Crippen molar-refractivity contribution in [1.82, 2.24) is 10.3 Å². The molecule has 1 atom stereocenters. The first-order valence-electron chi connectivity index (χ1n) is 8.00. The van der Waals surface area contributed by atoms with Crippen LogP contribution in [0.3, 0.4) is 0 Å². The van der Waals surface area contributed by atoms with Crippen LogP contribution in [0.1, 0.15) is 59.1 Å². The number of pyridine rings is 1. The van der Waals surface area contributed by atoms with E-state index in [4.69, 9.17) is 4.74 Å². The van der Waals surface area contributed by atoms with E-state index < -0.39 is 5.60 Å². The number of carbonyl (C=O) groups excluding carboxylic acids is 1. The van der Waals surface area contributed by atoms with Gasteiger partial charge in [-0.05, 0) is 60.1 Å². The molecule has 0 spiro atoms. The van der Waals surface area contributed by atoms with Gasteiger partial charge >= 0.3 is 6.09 Å². The molecule has 0 aliphatic carbocycles. The molecule has 2 heterocycles. The molecule has 0 unspecified atom stereocenters. The fraction of sp³-hybridized carbons (Fsp3) is 0.647. The number of ether oxygens (including phenoxy) is 1. The van der Waals surface area contributed by atoms with Gasteiger partial charge in [-0.3, -0.25) is 4.90 Å². The molecule has 22 heavy (non-hydrogen) atoms. The lowest BCUT2D eigenvalue weighted by Gasteiger charge is -2.31. The molecule has 1 aliphatic heterocycles. The molecule has 1 aliphatic rings. The molecule has 0 saturated carbocycles. The molecule has 0 aromatic carbocycles. The van der Waals surface area contributed by atoms with Crippen molar-refractivity contribution >= 4 is 11.9 Å². The van der Waals surface area contributed by atoms with Crippen molar-refractivity contribution in [2.24, 2.45) is 0 Å². The summed E-state index contributed by atoms with van der Waals surface area (Å²) in [6.45, 7) is 10.6. The van der Waals surface area contributed by atoms with Crippen LogP contribution in [0.25, 0.3) is 0 Å². The first-order valence-corrected chi connectivity index (χ1v) is 8.00. The van der Waals surface area contributed by atoms with Gasteiger partial charge in [0.15, 0.2) is 0 Å². The number of hydrogen-bond donors (Lipinski definition) is 1. The van der Waals surface area contributed by atoms with Gasteiger partial charge in [-0.25, -0.2) is 9.78 Å². The Kier molecular flexibility index (Phi) is 5.06. The second-order valence-electron chi connectivity index (χ2n) is 7.01. The zero-order valence-corrected chi connectivity index (χ0v) is 14.2. The zero-order chi connectivity index (χ0) is 16.3. The number of amides is 1. The van der Waals surface area contributed by atoms with E-state index in [0.29, 0.717) is 5.82 Å². The van der Waals surface area contributed by atoms with Crippen molar-refractivity contribution in [2.75, 3.05) is 11.4 Å². The van der Waals surface area contributed by atoms with Crippen molar-refractivity contribution in [3.63, 3.8) is 0 Å². The highest BCUT2D eigenvalue weighted by atomic mass is 16.6.